The fraction of sp³-hybridized carbons (Fsp3) is 0.667. The highest BCUT2D eigenvalue weighted by molar-refractivity contribution is 4.94. The lowest BCUT2D eigenvalue weighted by Crippen LogP contribution is -2.03. The van der Waals surface area contributed by atoms with Gasteiger partial charge in [-0.3, -0.25) is 0 Å². The largest absolute Gasteiger partial charge is 0.0914 e. The molecule has 0 unspecified atom stereocenters. The highest BCUT2D eigenvalue weighted by Gasteiger charge is 2.07. The minimum absolute atomic E-state index is 0.444. The molecule has 0 aliphatic rings. The maximum absolute atomic E-state index is 2.24. The Kier molecular flexibility index (Phi) is 3.60. The monoisotopic (exact) mass is 125 g/mol. The van der Waals surface area contributed by atoms with Gasteiger partial charge in [0.25, 0.3) is 0 Å². The summed E-state index contributed by atoms with van der Waals surface area (Å²) in [7, 11) is 0. The Bertz CT molecular complexity index is 82.7. The smallest absolute Gasteiger partial charge is 0.0165 e. The van der Waals surface area contributed by atoms with E-state index in [1.165, 1.54) is 0 Å². The Hall–Kier alpha value is -0.260. The number of allylic oxidation sites excluding steroid dienone is 2. The molecule has 9 heavy (non-hydrogen) atoms. The molecule has 0 nitrogen and oxygen atoms in total. The lowest BCUT2D eigenvalue weighted by Gasteiger charge is -2.15. The fourth-order valence-corrected chi connectivity index (χ4v) is 0.558. The minimum atomic E-state index is 0.444. The van der Waals surface area contributed by atoms with E-state index in [4.69, 9.17) is 0 Å². The predicted molar refractivity (Wildman–Crippen MR) is 43.2 cm³/mol. The number of hydrogen-bond acceptors (Lipinski definition) is 0. The molecule has 0 N–H and O–H groups in total. The van der Waals surface area contributed by atoms with Crippen molar-refractivity contribution in [3.63, 3.8) is 0 Å². The zero-order valence-corrected chi connectivity index (χ0v) is 6.94. The van der Waals surface area contributed by atoms with E-state index in [2.05, 4.69) is 39.3 Å². The molecule has 0 spiro atoms. The van der Waals surface area contributed by atoms with Crippen molar-refractivity contribution in [2.45, 2.75) is 34.1 Å². The molecule has 1 radical (unpaired) electrons. The summed E-state index contributed by atoms with van der Waals surface area (Å²) in [6.45, 7) is 8.77. The van der Waals surface area contributed by atoms with Crippen LogP contribution >= 0.6 is 0 Å². The second-order valence-corrected chi connectivity index (χ2v) is 3.53. The molecule has 0 saturated carbocycles. The Balaban J connectivity index is 3.28. The summed E-state index contributed by atoms with van der Waals surface area (Å²) >= 11 is 0. The van der Waals surface area contributed by atoms with Crippen molar-refractivity contribution >= 4 is 0 Å². The first-order chi connectivity index (χ1) is 4.06. The maximum Gasteiger partial charge on any atom is -0.0165 e. The summed E-state index contributed by atoms with van der Waals surface area (Å²) in [6, 6.07) is 0. The van der Waals surface area contributed by atoms with Crippen LogP contribution in [-0.4, -0.2) is 0 Å². The van der Waals surface area contributed by atoms with Gasteiger partial charge in [0, 0.05) is 0 Å². The normalized spacial score (nSPS) is 12.9. The molecule has 0 aromatic heterocycles. The first-order valence-corrected chi connectivity index (χ1v) is 3.51. The maximum atomic E-state index is 2.24. The van der Waals surface area contributed by atoms with E-state index in [9.17, 15) is 0 Å². The van der Waals surface area contributed by atoms with Gasteiger partial charge in [0.1, 0.15) is 0 Å². The molecular formula is C9H17. The van der Waals surface area contributed by atoms with Crippen LogP contribution in [0, 0.1) is 11.8 Å². The summed E-state index contributed by atoms with van der Waals surface area (Å²) in [6.07, 6.45) is 7.54. The van der Waals surface area contributed by atoms with Crippen molar-refractivity contribution in [3.05, 3.63) is 18.6 Å². The zero-order valence-electron chi connectivity index (χ0n) is 6.94. The predicted octanol–water partition coefficient (Wildman–Crippen LogP) is 3.20. The lowest BCUT2D eigenvalue weighted by atomic mass is 9.91. The number of rotatable bonds is 2. The highest BCUT2D eigenvalue weighted by atomic mass is 14.1. The summed E-state index contributed by atoms with van der Waals surface area (Å²) in [5.74, 6) is 0. The van der Waals surface area contributed by atoms with Gasteiger partial charge in [-0.05, 0) is 25.2 Å². The molecule has 0 heterocycles. The second-order valence-electron chi connectivity index (χ2n) is 3.53. The summed E-state index contributed by atoms with van der Waals surface area (Å²) in [5, 5.41) is 0. The molecule has 0 bridgehead atoms. The van der Waals surface area contributed by atoms with Gasteiger partial charge in [-0.25, -0.2) is 0 Å². The topological polar surface area (TPSA) is 0 Å². The van der Waals surface area contributed by atoms with Crippen molar-refractivity contribution in [2.24, 2.45) is 5.41 Å². The summed E-state index contributed by atoms with van der Waals surface area (Å²) in [4.78, 5) is 0. The van der Waals surface area contributed by atoms with Gasteiger partial charge in [0.05, 0.1) is 0 Å². The summed E-state index contributed by atoms with van der Waals surface area (Å²) < 4.78 is 0. The van der Waals surface area contributed by atoms with Crippen molar-refractivity contribution in [1.82, 2.24) is 0 Å². The standard InChI is InChI=1S/C9H17/c1-5-6-7-8-9(2,3)4/h5-7H,8H2,1-4H3. The van der Waals surface area contributed by atoms with E-state index in [0.29, 0.717) is 5.41 Å². The Morgan fingerprint density at radius 3 is 2.11 bits per heavy atom. The van der Waals surface area contributed by atoms with Gasteiger partial charge >= 0.3 is 0 Å². The highest BCUT2D eigenvalue weighted by Crippen LogP contribution is 2.19. The molecule has 0 rings (SSSR count). The molecular weight excluding hydrogens is 108 g/mol. The van der Waals surface area contributed by atoms with Crippen LogP contribution in [0.1, 0.15) is 34.1 Å². The van der Waals surface area contributed by atoms with Crippen LogP contribution in [0.15, 0.2) is 12.2 Å². The molecule has 0 fully saturated rings. The van der Waals surface area contributed by atoms with Crippen LogP contribution in [0.25, 0.3) is 0 Å². The van der Waals surface area contributed by atoms with Crippen LogP contribution < -0.4 is 0 Å². The van der Waals surface area contributed by atoms with Crippen LogP contribution in [0.4, 0.5) is 0 Å². The van der Waals surface area contributed by atoms with Crippen molar-refractivity contribution < 1.29 is 0 Å². The average Bonchev–Trinajstić information content (AvgIpc) is 1.63. The van der Waals surface area contributed by atoms with Gasteiger partial charge in [-0.2, -0.15) is 0 Å². The van der Waals surface area contributed by atoms with Gasteiger partial charge in [0.2, 0.25) is 0 Å². The third kappa shape index (κ3) is 7.74. The quantitative estimate of drug-likeness (QED) is 0.531. The van der Waals surface area contributed by atoms with E-state index in [0.717, 1.165) is 6.42 Å². The molecule has 0 heteroatoms. The van der Waals surface area contributed by atoms with Crippen molar-refractivity contribution in [2.75, 3.05) is 0 Å². The molecule has 0 aromatic carbocycles. The van der Waals surface area contributed by atoms with E-state index in [1.54, 1.807) is 0 Å². The van der Waals surface area contributed by atoms with Gasteiger partial charge in [-0.1, -0.05) is 32.9 Å². The third-order valence-corrected chi connectivity index (χ3v) is 1.06. The fourth-order valence-electron chi connectivity index (χ4n) is 0.558. The first-order valence-electron chi connectivity index (χ1n) is 3.51. The van der Waals surface area contributed by atoms with Crippen LogP contribution in [0.5, 0.6) is 0 Å². The molecule has 0 amide bonds. The Labute approximate surface area is 59.0 Å². The van der Waals surface area contributed by atoms with E-state index >= 15 is 0 Å². The third-order valence-electron chi connectivity index (χ3n) is 1.06. The molecule has 0 aliphatic carbocycles. The van der Waals surface area contributed by atoms with E-state index < -0.39 is 0 Å². The second kappa shape index (κ2) is 3.71. The van der Waals surface area contributed by atoms with Crippen LogP contribution in [-0.2, 0) is 0 Å². The molecule has 53 valence electrons. The number of hydrogen-bond donors (Lipinski definition) is 0. The molecule has 0 saturated heterocycles. The van der Waals surface area contributed by atoms with Crippen molar-refractivity contribution in [3.8, 4) is 0 Å². The molecule has 0 aliphatic heterocycles. The lowest BCUT2D eigenvalue weighted by molar-refractivity contribution is 0.411. The van der Waals surface area contributed by atoms with Crippen LogP contribution in [0.2, 0.25) is 0 Å². The van der Waals surface area contributed by atoms with Crippen molar-refractivity contribution in [1.29, 1.82) is 0 Å². The SMILES string of the molecule is CC=C[CH]CC(C)(C)C. The van der Waals surface area contributed by atoms with Gasteiger partial charge in [0.15, 0.2) is 0 Å². The summed E-state index contributed by atoms with van der Waals surface area (Å²) in [5.41, 5.74) is 0.444. The Morgan fingerprint density at radius 1 is 1.22 bits per heavy atom. The average molecular weight is 125 g/mol. The Morgan fingerprint density at radius 2 is 1.78 bits per heavy atom. The van der Waals surface area contributed by atoms with Crippen LogP contribution in [0.3, 0.4) is 0 Å². The van der Waals surface area contributed by atoms with Gasteiger partial charge in [-0.15, -0.1) is 0 Å². The zero-order chi connectivity index (χ0) is 7.33. The van der Waals surface area contributed by atoms with Gasteiger partial charge < -0.3 is 0 Å². The minimum Gasteiger partial charge on any atom is -0.0914 e. The van der Waals surface area contributed by atoms with E-state index in [-0.39, 0.29) is 0 Å². The first kappa shape index (κ1) is 8.74. The van der Waals surface area contributed by atoms with E-state index in [1.807, 2.05) is 6.92 Å². The molecule has 0 atom stereocenters. The molecule has 0 aromatic rings.